The second-order valence-corrected chi connectivity index (χ2v) is 12.8. The molecule has 31 heavy (non-hydrogen) atoms. The van der Waals surface area contributed by atoms with Crippen LogP contribution >= 0.6 is 0 Å². The van der Waals surface area contributed by atoms with Gasteiger partial charge in [-0.3, -0.25) is 0 Å². The molecule has 0 atom stereocenters. The Kier molecular flexibility index (Phi) is 7.90. The molecule has 0 fully saturated rings. The van der Waals surface area contributed by atoms with Crippen LogP contribution in [0.25, 0.3) is 0 Å². The number of nitrogens with two attached hydrogens (primary N) is 1. The minimum Gasteiger partial charge on any atom is -0.491 e. The molecule has 0 aliphatic heterocycles. The zero-order chi connectivity index (χ0) is 22.2. The van der Waals surface area contributed by atoms with Crippen LogP contribution in [0, 0.1) is 0 Å². The number of hydrogen-bond donors (Lipinski definition) is 1. The van der Waals surface area contributed by atoms with E-state index in [9.17, 15) is 0 Å². The van der Waals surface area contributed by atoms with Crippen LogP contribution in [-0.2, 0) is 9.16 Å². The van der Waals surface area contributed by atoms with Gasteiger partial charge in [0.05, 0.1) is 19.8 Å². The Morgan fingerprint density at radius 2 is 1.19 bits per heavy atom. The molecule has 3 rings (SSSR count). The Hall–Kier alpha value is -2.60. The highest BCUT2D eigenvalue weighted by molar-refractivity contribution is 6.99. The highest BCUT2D eigenvalue weighted by atomic mass is 28.4. The van der Waals surface area contributed by atoms with Gasteiger partial charge in [0.15, 0.2) is 0 Å². The number of nitrogen functional groups attached to an aromatic ring is 1. The highest BCUT2D eigenvalue weighted by Gasteiger charge is 2.49. The fourth-order valence-corrected chi connectivity index (χ4v) is 8.44. The van der Waals surface area contributed by atoms with Gasteiger partial charge in [-0.15, -0.1) is 0 Å². The molecule has 0 aliphatic rings. The molecule has 0 bridgehead atoms. The van der Waals surface area contributed by atoms with Crippen LogP contribution in [0.1, 0.15) is 20.8 Å². The molecule has 3 aromatic carbocycles. The Bertz CT molecular complexity index is 869. The normalized spacial score (nSPS) is 12.0. The molecule has 0 radical (unpaired) electrons. The molecule has 0 amide bonds. The van der Waals surface area contributed by atoms with Crippen LogP contribution in [-0.4, -0.2) is 34.7 Å². The molecule has 0 spiro atoms. The van der Waals surface area contributed by atoms with E-state index in [0.717, 1.165) is 11.4 Å². The summed E-state index contributed by atoms with van der Waals surface area (Å²) in [7, 11) is -2.50. The van der Waals surface area contributed by atoms with Gasteiger partial charge in [0.1, 0.15) is 12.4 Å². The van der Waals surface area contributed by atoms with Gasteiger partial charge < -0.3 is 19.6 Å². The first-order valence-electron chi connectivity index (χ1n) is 10.7. The predicted octanol–water partition coefficient (Wildman–Crippen LogP) is 4.24. The summed E-state index contributed by atoms with van der Waals surface area (Å²) in [5.41, 5.74) is 6.42. The third kappa shape index (κ3) is 5.76. The lowest BCUT2D eigenvalue weighted by Gasteiger charge is -2.43. The van der Waals surface area contributed by atoms with E-state index in [1.807, 2.05) is 24.3 Å². The van der Waals surface area contributed by atoms with E-state index in [-0.39, 0.29) is 5.04 Å². The van der Waals surface area contributed by atoms with E-state index in [4.69, 9.17) is 19.6 Å². The maximum atomic E-state index is 6.80. The molecular formula is C26H33NO3Si. The molecule has 0 saturated heterocycles. The number of benzene rings is 3. The number of hydrogen-bond acceptors (Lipinski definition) is 4. The summed E-state index contributed by atoms with van der Waals surface area (Å²) in [5.74, 6) is 0.793. The van der Waals surface area contributed by atoms with Gasteiger partial charge in [0.25, 0.3) is 8.32 Å². The average molecular weight is 436 g/mol. The zero-order valence-corrected chi connectivity index (χ0v) is 19.7. The van der Waals surface area contributed by atoms with Crippen molar-refractivity contribution in [3.63, 3.8) is 0 Å². The maximum absolute atomic E-state index is 6.80. The third-order valence-electron chi connectivity index (χ3n) is 5.34. The topological polar surface area (TPSA) is 53.7 Å². The van der Waals surface area contributed by atoms with Crippen molar-refractivity contribution < 1.29 is 13.9 Å². The minimum atomic E-state index is -2.50. The fourth-order valence-electron chi connectivity index (χ4n) is 3.90. The average Bonchev–Trinajstić information content (AvgIpc) is 2.77. The zero-order valence-electron chi connectivity index (χ0n) is 18.7. The van der Waals surface area contributed by atoms with Crippen molar-refractivity contribution >= 4 is 24.4 Å². The van der Waals surface area contributed by atoms with Crippen LogP contribution in [0.4, 0.5) is 5.69 Å². The van der Waals surface area contributed by atoms with Crippen LogP contribution in [0.15, 0.2) is 84.9 Å². The molecular weight excluding hydrogens is 402 g/mol. The van der Waals surface area contributed by atoms with Crippen molar-refractivity contribution in [2.75, 3.05) is 32.2 Å². The minimum absolute atomic E-state index is 0.0338. The first-order chi connectivity index (χ1) is 14.9. The van der Waals surface area contributed by atoms with Crippen molar-refractivity contribution in [1.82, 2.24) is 0 Å². The van der Waals surface area contributed by atoms with E-state index < -0.39 is 8.32 Å². The van der Waals surface area contributed by atoms with E-state index in [1.54, 1.807) is 0 Å². The van der Waals surface area contributed by atoms with Crippen molar-refractivity contribution in [2.24, 2.45) is 0 Å². The summed E-state index contributed by atoms with van der Waals surface area (Å²) in [6, 6.07) is 28.7. The SMILES string of the molecule is CC(C)(C)[Si](OCCOCCOc1ccc(N)cc1)(c1ccccc1)c1ccccc1. The van der Waals surface area contributed by atoms with Crippen LogP contribution in [0.5, 0.6) is 5.75 Å². The quantitative estimate of drug-likeness (QED) is 0.294. The standard InChI is InChI=1S/C26H33NO3Si/c1-26(2,3)31(24-10-6-4-7-11-24,25-12-8-5-9-13-25)30-21-19-28-18-20-29-23-16-14-22(27)15-17-23/h4-17H,18-21,27H2,1-3H3. The first kappa shape index (κ1) is 23.1. The van der Waals surface area contributed by atoms with Crippen molar-refractivity contribution in [3.8, 4) is 5.75 Å². The molecule has 4 nitrogen and oxygen atoms in total. The van der Waals surface area contributed by atoms with Crippen LogP contribution < -0.4 is 20.8 Å². The van der Waals surface area contributed by atoms with Gasteiger partial charge in [-0.05, 0) is 39.7 Å². The second-order valence-electron chi connectivity index (χ2n) is 8.54. The van der Waals surface area contributed by atoms with Crippen LogP contribution in [0.3, 0.4) is 0 Å². The van der Waals surface area contributed by atoms with Crippen molar-refractivity contribution in [1.29, 1.82) is 0 Å². The Morgan fingerprint density at radius 1 is 0.677 bits per heavy atom. The van der Waals surface area contributed by atoms with Gasteiger partial charge in [-0.2, -0.15) is 0 Å². The smallest absolute Gasteiger partial charge is 0.261 e. The molecule has 0 unspecified atom stereocenters. The van der Waals surface area contributed by atoms with E-state index in [0.29, 0.717) is 26.4 Å². The molecule has 0 aromatic heterocycles. The van der Waals surface area contributed by atoms with Crippen molar-refractivity contribution in [3.05, 3.63) is 84.9 Å². The highest BCUT2D eigenvalue weighted by Crippen LogP contribution is 2.36. The Morgan fingerprint density at radius 3 is 1.71 bits per heavy atom. The van der Waals surface area contributed by atoms with Gasteiger partial charge in [-0.1, -0.05) is 81.4 Å². The van der Waals surface area contributed by atoms with E-state index >= 15 is 0 Å². The summed E-state index contributed by atoms with van der Waals surface area (Å²) < 4.78 is 18.3. The molecule has 164 valence electrons. The van der Waals surface area contributed by atoms with Gasteiger partial charge in [0, 0.05) is 5.69 Å². The lowest BCUT2D eigenvalue weighted by molar-refractivity contribution is 0.0741. The lowest BCUT2D eigenvalue weighted by Crippen LogP contribution is -2.66. The molecule has 3 aromatic rings. The summed E-state index contributed by atoms with van der Waals surface area (Å²) in [5, 5.41) is 2.52. The maximum Gasteiger partial charge on any atom is 0.261 e. The van der Waals surface area contributed by atoms with Gasteiger partial charge in [-0.25, -0.2) is 0 Å². The third-order valence-corrected chi connectivity index (χ3v) is 10.4. The number of rotatable bonds is 10. The van der Waals surface area contributed by atoms with E-state index in [2.05, 4.69) is 81.4 Å². The summed E-state index contributed by atoms with van der Waals surface area (Å²) in [6.45, 7) is 8.89. The summed E-state index contributed by atoms with van der Waals surface area (Å²) >= 11 is 0. The summed E-state index contributed by atoms with van der Waals surface area (Å²) in [4.78, 5) is 0. The first-order valence-corrected chi connectivity index (χ1v) is 12.7. The van der Waals surface area contributed by atoms with Gasteiger partial charge in [0.2, 0.25) is 0 Å². The van der Waals surface area contributed by atoms with Crippen molar-refractivity contribution in [2.45, 2.75) is 25.8 Å². The lowest BCUT2D eigenvalue weighted by atomic mass is 10.2. The molecule has 2 N–H and O–H groups in total. The fraction of sp³-hybridized carbons (Fsp3) is 0.308. The largest absolute Gasteiger partial charge is 0.491 e. The van der Waals surface area contributed by atoms with E-state index in [1.165, 1.54) is 10.4 Å². The predicted molar refractivity (Wildman–Crippen MR) is 131 cm³/mol. The molecule has 0 saturated carbocycles. The summed E-state index contributed by atoms with van der Waals surface area (Å²) in [6.07, 6.45) is 0. The Balaban J connectivity index is 1.62. The number of ether oxygens (including phenoxy) is 2. The molecule has 5 heteroatoms. The number of anilines is 1. The Labute approximate surface area is 187 Å². The van der Waals surface area contributed by atoms with Gasteiger partial charge >= 0.3 is 0 Å². The molecule has 0 heterocycles. The second kappa shape index (κ2) is 10.6. The molecule has 0 aliphatic carbocycles. The monoisotopic (exact) mass is 435 g/mol. The van der Waals surface area contributed by atoms with Crippen LogP contribution in [0.2, 0.25) is 5.04 Å².